The normalized spacial score (nSPS) is 21.2. The van der Waals surface area contributed by atoms with Gasteiger partial charge < -0.3 is 33.6 Å². The van der Waals surface area contributed by atoms with Crippen LogP contribution < -0.4 is 0 Å². The zero-order valence-electron chi connectivity index (χ0n) is 23.2. The minimum Gasteiger partial charge on any atom is -0.459 e. The number of ether oxygens (including phenoxy) is 5. The summed E-state index contributed by atoms with van der Waals surface area (Å²) in [5, 5.41) is 11.0. The van der Waals surface area contributed by atoms with E-state index in [1.807, 2.05) is 0 Å². The van der Waals surface area contributed by atoms with Crippen LogP contribution in [0.25, 0.3) is 0 Å². The van der Waals surface area contributed by atoms with E-state index in [9.17, 15) is 29.1 Å². The van der Waals surface area contributed by atoms with Crippen LogP contribution in [0.15, 0.2) is 91.0 Å². The SMILES string of the molecule is CC(=O)CCC(=O)O[C@H]1[C@H](OC(=O)c2ccccc2)[C@@H](OC(=O)c2ccccc2)[C@@H](O)O[C@@H]1COC(=O)c1ccccc1. The zero-order valence-corrected chi connectivity index (χ0v) is 23.2. The summed E-state index contributed by atoms with van der Waals surface area (Å²) < 4.78 is 27.9. The van der Waals surface area contributed by atoms with Gasteiger partial charge in [-0.15, -0.1) is 0 Å². The molecule has 224 valence electrons. The number of rotatable bonds is 11. The predicted molar refractivity (Wildman–Crippen MR) is 149 cm³/mol. The molecule has 1 heterocycles. The van der Waals surface area contributed by atoms with Crippen molar-refractivity contribution in [2.24, 2.45) is 0 Å². The van der Waals surface area contributed by atoms with Crippen LogP contribution in [0.5, 0.6) is 0 Å². The fourth-order valence-electron chi connectivity index (χ4n) is 4.27. The van der Waals surface area contributed by atoms with Gasteiger partial charge in [0.25, 0.3) is 0 Å². The maximum Gasteiger partial charge on any atom is 0.338 e. The van der Waals surface area contributed by atoms with Gasteiger partial charge in [0.1, 0.15) is 18.5 Å². The van der Waals surface area contributed by atoms with Gasteiger partial charge in [-0.3, -0.25) is 4.79 Å². The molecule has 3 aromatic rings. The van der Waals surface area contributed by atoms with E-state index < -0.39 is 61.2 Å². The number of hydrogen-bond acceptors (Lipinski definition) is 11. The highest BCUT2D eigenvalue weighted by Gasteiger charge is 2.52. The maximum absolute atomic E-state index is 13.2. The summed E-state index contributed by atoms with van der Waals surface area (Å²) in [5.74, 6) is -3.58. The first kappa shape index (κ1) is 31.1. The first-order valence-electron chi connectivity index (χ1n) is 13.5. The van der Waals surface area contributed by atoms with Crippen molar-refractivity contribution < 1.29 is 52.8 Å². The number of carbonyl (C=O) groups is 5. The van der Waals surface area contributed by atoms with E-state index in [4.69, 9.17) is 23.7 Å². The van der Waals surface area contributed by atoms with Crippen molar-refractivity contribution in [2.75, 3.05) is 6.61 Å². The topological polar surface area (TPSA) is 152 Å². The third kappa shape index (κ3) is 8.57. The summed E-state index contributed by atoms with van der Waals surface area (Å²) >= 11 is 0. The first-order chi connectivity index (χ1) is 20.7. The maximum atomic E-state index is 13.2. The summed E-state index contributed by atoms with van der Waals surface area (Å²) in [6.45, 7) is 0.775. The summed E-state index contributed by atoms with van der Waals surface area (Å²) in [5.41, 5.74) is 0.498. The van der Waals surface area contributed by atoms with Crippen molar-refractivity contribution in [1.29, 1.82) is 0 Å². The van der Waals surface area contributed by atoms with Crippen LogP contribution >= 0.6 is 0 Å². The summed E-state index contributed by atoms with van der Waals surface area (Å²) in [6, 6.07) is 23.8. The second-order valence-corrected chi connectivity index (χ2v) is 9.66. The van der Waals surface area contributed by atoms with Gasteiger partial charge in [0.15, 0.2) is 24.6 Å². The molecule has 3 aromatic carbocycles. The number of aliphatic hydroxyl groups excluding tert-OH is 1. The molecule has 0 radical (unpaired) electrons. The van der Waals surface area contributed by atoms with Crippen LogP contribution in [-0.4, -0.2) is 72.1 Å². The predicted octanol–water partition coefficient (Wildman–Crippen LogP) is 3.29. The summed E-state index contributed by atoms with van der Waals surface area (Å²) in [7, 11) is 0. The number of hydrogen-bond donors (Lipinski definition) is 1. The standard InChI is InChI=1S/C32H30O11/c1-20(33)17-18-25(34)41-26-24(19-39-29(35)21-11-5-2-6-12-21)40-32(38)28(43-31(37)23-15-9-4-10-16-23)27(26)42-30(36)22-13-7-3-8-14-22/h2-16,24,26-28,32,38H,17-19H2,1H3/t24-,26-,27+,28-,32+/m1/s1. The van der Waals surface area contributed by atoms with Crippen LogP contribution in [0.1, 0.15) is 50.8 Å². The lowest BCUT2D eigenvalue weighted by Crippen LogP contribution is -2.62. The molecule has 1 saturated heterocycles. The van der Waals surface area contributed by atoms with E-state index in [-0.39, 0.29) is 35.3 Å². The van der Waals surface area contributed by atoms with E-state index in [0.717, 1.165) is 0 Å². The second kappa shape index (κ2) is 14.9. The number of benzene rings is 3. The smallest absolute Gasteiger partial charge is 0.338 e. The molecule has 1 fully saturated rings. The van der Waals surface area contributed by atoms with Crippen molar-refractivity contribution in [1.82, 2.24) is 0 Å². The highest BCUT2D eigenvalue weighted by atomic mass is 16.7. The van der Waals surface area contributed by atoms with Gasteiger partial charge in [-0.2, -0.15) is 0 Å². The molecule has 0 aromatic heterocycles. The lowest BCUT2D eigenvalue weighted by molar-refractivity contribution is -0.288. The van der Waals surface area contributed by atoms with E-state index >= 15 is 0 Å². The van der Waals surface area contributed by atoms with E-state index in [1.165, 1.54) is 43.3 Å². The van der Waals surface area contributed by atoms with Gasteiger partial charge in [-0.25, -0.2) is 14.4 Å². The Morgan fingerprint density at radius 1 is 0.628 bits per heavy atom. The molecular weight excluding hydrogens is 560 g/mol. The summed E-state index contributed by atoms with van der Waals surface area (Å²) in [4.78, 5) is 63.1. The molecule has 11 nitrogen and oxygen atoms in total. The number of esters is 4. The Hall–Kier alpha value is -4.87. The van der Waals surface area contributed by atoms with Crippen LogP contribution in [0.4, 0.5) is 0 Å². The minimum atomic E-state index is -1.88. The Kier molecular flexibility index (Phi) is 10.7. The van der Waals surface area contributed by atoms with Crippen LogP contribution in [0.2, 0.25) is 0 Å². The molecule has 4 rings (SSSR count). The average molecular weight is 591 g/mol. The fourth-order valence-corrected chi connectivity index (χ4v) is 4.27. The molecule has 43 heavy (non-hydrogen) atoms. The van der Waals surface area contributed by atoms with Gasteiger partial charge in [0.05, 0.1) is 23.1 Å². The molecule has 1 aliphatic rings. The number of Topliss-reactive ketones (excluding diaryl/α,β-unsaturated/α-hetero) is 1. The third-order valence-electron chi connectivity index (χ3n) is 6.45. The monoisotopic (exact) mass is 590 g/mol. The number of ketones is 1. The molecule has 0 bridgehead atoms. The largest absolute Gasteiger partial charge is 0.459 e. The van der Waals surface area contributed by atoms with Gasteiger partial charge in [0, 0.05) is 6.42 Å². The number of carbonyl (C=O) groups excluding carboxylic acids is 5. The molecule has 1 aliphatic heterocycles. The molecule has 0 aliphatic carbocycles. The van der Waals surface area contributed by atoms with Gasteiger partial charge >= 0.3 is 23.9 Å². The lowest BCUT2D eigenvalue weighted by atomic mass is 9.97. The summed E-state index contributed by atoms with van der Waals surface area (Å²) in [6.07, 6.45) is -8.45. The highest BCUT2D eigenvalue weighted by molar-refractivity contribution is 5.91. The third-order valence-corrected chi connectivity index (χ3v) is 6.45. The molecule has 0 unspecified atom stereocenters. The molecular formula is C32H30O11. The Bertz CT molecular complexity index is 1410. The first-order valence-corrected chi connectivity index (χ1v) is 13.5. The quantitative estimate of drug-likeness (QED) is 0.259. The van der Waals surface area contributed by atoms with Crippen LogP contribution in [0, 0.1) is 0 Å². The average Bonchev–Trinajstić information content (AvgIpc) is 3.03. The second-order valence-electron chi connectivity index (χ2n) is 9.66. The highest BCUT2D eigenvalue weighted by Crippen LogP contribution is 2.30. The molecule has 1 N–H and O–H groups in total. The van der Waals surface area contributed by atoms with Gasteiger partial charge in [0.2, 0.25) is 0 Å². The Labute approximate surface area is 247 Å². The Balaban J connectivity index is 1.65. The fraction of sp³-hybridized carbons (Fsp3) is 0.281. The Morgan fingerprint density at radius 2 is 1.09 bits per heavy atom. The van der Waals surface area contributed by atoms with E-state index in [0.29, 0.717) is 0 Å². The van der Waals surface area contributed by atoms with Crippen molar-refractivity contribution in [3.05, 3.63) is 108 Å². The molecule has 0 amide bonds. The van der Waals surface area contributed by atoms with Crippen molar-refractivity contribution in [2.45, 2.75) is 50.5 Å². The molecule has 5 atom stereocenters. The van der Waals surface area contributed by atoms with Gasteiger partial charge in [-0.05, 0) is 43.3 Å². The number of aliphatic hydroxyl groups is 1. The van der Waals surface area contributed by atoms with E-state index in [1.54, 1.807) is 54.6 Å². The van der Waals surface area contributed by atoms with Crippen LogP contribution in [-0.2, 0) is 33.3 Å². The van der Waals surface area contributed by atoms with Gasteiger partial charge in [-0.1, -0.05) is 54.6 Å². The lowest BCUT2D eigenvalue weighted by Gasteiger charge is -2.42. The van der Waals surface area contributed by atoms with E-state index in [2.05, 4.69) is 0 Å². The molecule has 0 spiro atoms. The van der Waals surface area contributed by atoms with Crippen molar-refractivity contribution in [3.8, 4) is 0 Å². The van der Waals surface area contributed by atoms with Crippen LogP contribution in [0.3, 0.4) is 0 Å². The molecule has 11 heteroatoms. The minimum absolute atomic E-state index is 0.121. The molecule has 0 saturated carbocycles. The van der Waals surface area contributed by atoms with Crippen molar-refractivity contribution >= 4 is 29.7 Å². The zero-order chi connectivity index (χ0) is 30.8. The van der Waals surface area contributed by atoms with Crippen molar-refractivity contribution in [3.63, 3.8) is 0 Å². The Morgan fingerprint density at radius 3 is 1.58 bits per heavy atom.